The van der Waals surface area contributed by atoms with Gasteiger partial charge in [0.15, 0.2) is 0 Å². The topological polar surface area (TPSA) is 55.3 Å². The number of thiophene rings is 1. The zero-order valence-corrected chi connectivity index (χ0v) is 12.5. The third-order valence-corrected chi connectivity index (χ3v) is 4.20. The van der Waals surface area contributed by atoms with Crippen LogP contribution in [0.1, 0.15) is 20.9 Å². The number of aryl methyl sites for hydroxylation is 1. The van der Waals surface area contributed by atoms with Crippen molar-refractivity contribution in [3.63, 3.8) is 0 Å². The second-order valence-electron chi connectivity index (χ2n) is 4.04. The van der Waals surface area contributed by atoms with Crippen LogP contribution in [0.5, 0.6) is 0 Å². The minimum Gasteiger partial charge on any atom is -0.383 e. The second kappa shape index (κ2) is 6.74. The van der Waals surface area contributed by atoms with E-state index in [1.165, 1.54) is 0 Å². The number of aromatic nitrogens is 2. The van der Waals surface area contributed by atoms with E-state index in [-0.39, 0.29) is 5.91 Å². The summed E-state index contributed by atoms with van der Waals surface area (Å²) in [6, 6.07) is 2.02. The molecule has 0 aliphatic rings. The Hall–Kier alpha value is -1.31. The Kier molecular flexibility index (Phi) is 5.00. The lowest BCUT2D eigenvalue weighted by atomic mass is 10.2. The van der Waals surface area contributed by atoms with Crippen LogP contribution < -0.4 is 0 Å². The predicted octanol–water partition coefficient (Wildman–Crippen LogP) is 2.20. The van der Waals surface area contributed by atoms with Crippen LogP contribution in [0.25, 0.3) is 0 Å². The zero-order chi connectivity index (χ0) is 13.7. The van der Waals surface area contributed by atoms with E-state index >= 15 is 0 Å². The van der Waals surface area contributed by atoms with E-state index < -0.39 is 0 Å². The number of carbonyl (C=O) groups excluding carboxylic acids is 1. The fourth-order valence-corrected chi connectivity index (χ4v) is 2.91. The molecule has 2 aromatic rings. The van der Waals surface area contributed by atoms with E-state index in [9.17, 15) is 4.79 Å². The number of hydrogen-bond donors (Lipinski definition) is 0. The maximum Gasteiger partial charge on any atom is 0.267 e. The number of rotatable bonds is 6. The first-order chi connectivity index (χ1) is 9.22. The lowest BCUT2D eigenvalue weighted by Gasteiger charge is -2.21. The number of methoxy groups -OCH3 is 1. The molecule has 0 N–H and O–H groups in total. The Labute approximate surface area is 120 Å². The molecule has 2 rings (SSSR count). The zero-order valence-electron chi connectivity index (χ0n) is 10.8. The van der Waals surface area contributed by atoms with Gasteiger partial charge in [-0.05, 0) is 40.8 Å². The van der Waals surface area contributed by atoms with Crippen molar-refractivity contribution in [2.75, 3.05) is 20.3 Å². The summed E-state index contributed by atoms with van der Waals surface area (Å²) in [6.45, 7) is 3.46. The number of hydrogen-bond acceptors (Lipinski definition) is 6. The maximum absolute atomic E-state index is 12.5. The highest BCUT2D eigenvalue weighted by Crippen LogP contribution is 2.16. The molecule has 5 nitrogen and oxygen atoms in total. The quantitative estimate of drug-likeness (QED) is 0.820. The van der Waals surface area contributed by atoms with Crippen LogP contribution in [-0.4, -0.2) is 40.7 Å². The van der Waals surface area contributed by atoms with Crippen LogP contribution in [0.4, 0.5) is 0 Å². The first-order valence-corrected chi connectivity index (χ1v) is 7.52. The van der Waals surface area contributed by atoms with Crippen molar-refractivity contribution in [2.45, 2.75) is 13.5 Å². The van der Waals surface area contributed by atoms with E-state index in [2.05, 4.69) is 9.59 Å². The number of ether oxygens (including phenoxy) is 1. The fourth-order valence-electron chi connectivity index (χ4n) is 1.63. The van der Waals surface area contributed by atoms with Gasteiger partial charge in [-0.25, -0.2) is 0 Å². The lowest BCUT2D eigenvalue weighted by Crippen LogP contribution is -2.33. The van der Waals surface area contributed by atoms with Gasteiger partial charge in [0.2, 0.25) is 0 Å². The summed E-state index contributed by atoms with van der Waals surface area (Å²) >= 11 is 2.77. The van der Waals surface area contributed by atoms with E-state index in [1.807, 2.05) is 16.8 Å². The van der Waals surface area contributed by atoms with Gasteiger partial charge in [-0.2, -0.15) is 11.3 Å². The van der Waals surface area contributed by atoms with Crippen molar-refractivity contribution in [3.05, 3.63) is 33.0 Å². The number of amides is 1. The molecular formula is C12H15N3O2S2. The van der Waals surface area contributed by atoms with Crippen molar-refractivity contribution in [1.82, 2.24) is 14.5 Å². The summed E-state index contributed by atoms with van der Waals surface area (Å²) in [6.07, 6.45) is 0. The molecule has 0 fully saturated rings. The van der Waals surface area contributed by atoms with Gasteiger partial charge in [-0.3, -0.25) is 4.79 Å². The molecule has 2 aromatic heterocycles. The van der Waals surface area contributed by atoms with Gasteiger partial charge in [-0.15, -0.1) is 5.10 Å². The predicted molar refractivity (Wildman–Crippen MR) is 75.6 cm³/mol. The molecule has 0 atom stereocenters. The monoisotopic (exact) mass is 297 g/mol. The molecule has 1 amide bonds. The Morgan fingerprint density at radius 2 is 2.37 bits per heavy atom. The Bertz CT molecular complexity index is 525. The first-order valence-electron chi connectivity index (χ1n) is 5.80. The molecule has 0 bridgehead atoms. The highest BCUT2D eigenvalue weighted by atomic mass is 32.1. The molecule has 0 saturated carbocycles. The molecule has 0 spiro atoms. The molecule has 0 saturated heterocycles. The van der Waals surface area contributed by atoms with Gasteiger partial charge >= 0.3 is 0 Å². The molecule has 0 aliphatic carbocycles. The second-order valence-corrected chi connectivity index (χ2v) is 5.57. The summed E-state index contributed by atoms with van der Waals surface area (Å²) < 4.78 is 8.89. The SMILES string of the molecule is COCCN(Cc1ccsc1)C(=O)c1snnc1C. The van der Waals surface area contributed by atoms with E-state index in [4.69, 9.17) is 4.74 Å². The van der Waals surface area contributed by atoms with Gasteiger partial charge in [0.25, 0.3) is 5.91 Å². The molecule has 19 heavy (non-hydrogen) atoms. The van der Waals surface area contributed by atoms with Crippen LogP contribution in [0, 0.1) is 6.92 Å². The highest BCUT2D eigenvalue weighted by molar-refractivity contribution is 7.08. The van der Waals surface area contributed by atoms with Crippen LogP contribution in [-0.2, 0) is 11.3 Å². The average molecular weight is 297 g/mol. The lowest BCUT2D eigenvalue weighted by molar-refractivity contribution is 0.0684. The Morgan fingerprint density at radius 3 is 2.95 bits per heavy atom. The summed E-state index contributed by atoms with van der Waals surface area (Å²) in [4.78, 5) is 14.8. The highest BCUT2D eigenvalue weighted by Gasteiger charge is 2.20. The normalized spacial score (nSPS) is 10.6. The molecule has 2 heterocycles. The van der Waals surface area contributed by atoms with Gasteiger partial charge < -0.3 is 9.64 Å². The van der Waals surface area contributed by atoms with Crippen molar-refractivity contribution in [1.29, 1.82) is 0 Å². The summed E-state index contributed by atoms with van der Waals surface area (Å²) in [5, 5.41) is 7.94. The van der Waals surface area contributed by atoms with E-state index in [0.29, 0.717) is 30.3 Å². The molecule has 0 aromatic carbocycles. The minimum absolute atomic E-state index is 0.0317. The molecule has 102 valence electrons. The van der Waals surface area contributed by atoms with Gasteiger partial charge in [0.05, 0.1) is 12.3 Å². The van der Waals surface area contributed by atoms with Crippen LogP contribution in [0.3, 0.4) is 0 Å². The van der Waals surface area contributed by atoms with Crippen molar-refractivity contribution < 1.29 is 9.53 Å². The summed E-state index contributed by atoms with van der Waals surface area (Å²) in [5.41, 5.74) is 1.81. The molecular weight excluding hydrogens is 282 g/mol. The van der Waals surface area contributed by atoms with Crippen LogP contribution in [0.2, 0.25) is 0 Å². The van der Waals surface area contributed by atoms with Crippen LogP contribution in [0.15, 0.2) is 16.8 Å². The minimum atomic E-state index is -0.0317. The Balaban J connectivity index is 2.12. The third kappa shape index (κ3) is 3.59. The van der Waals surface area contributed by atoms with E-state index in [0.717, 1.165) is 17.1 Å². The number of nitrogens with zero attached hydrogens (tertiary/aromatic N) is 3. The largest absolute Gasteiger partial charge is 0.383 e. The van der Waals surface area contributed by atoms with Gasteiger partial charge in [-0.1, -0.05) is 4.49 Å². The molecule has 0 radical (unpaired) electrons. The summed E-state index contributed by atoms with van der Waals surface area (Å²) in [5.74, 6) is -0.0317. The van der Waals surface area contributed by atoms with Crippen molar-refractivity contribution in [2.24, 2.45) is 0 Å². The maximum atomic E-state index is 12.5. The smallest absolute Gasteiger partial charge is 0.267 e. The van der Waals surface area contributed by atoms with E-state index in [1.54, 1.807) is 30.3 Å². The first kappa shape index (κ1) is 14.1. The molecule has 7 heteroatoms. The average Bonchev–Trinajstić information content (AvgIpc) is 3.05. The molecule has 0 unspecified atom stereocenters. The standard InChI is InChI=1S/C12H15N3O2S2/c1-9-11(19-14-13-9)12(16)15(4-5-17-2)7-10-3-6-18-8-10/h3,6,8H,4-5,7H2,1-2H3. The van der Waals surface area contributed by atoms with Gasteiger partial charge in [0.1, 0.15) is 4.88 Å². The fraction of sp³-hybridized carbons (Fsp3) is 0.417. The van der Waals surface area contributed by atoms with Crippen molar-refractivity contribution >= 4 is 28.8 Å². The summed E-state index contributed by atoms with van der Waals surface area (Å²) in [7, 11) is 1.63. The molecule has 0 aliphatic heterocycles. The van der Waals surface area contributed by atoms with Crippen molar-refractivity contribution in [3.8, 4) is 0 Å². The van der Waals surface area contributed by atoms with Crippen LogP contribution >= 0.6 is 22.9 Å². The van der Waals surface area contributed by atoms with Gasteiger partial charge in [0, 0.05) is 20.2 Å². The third-order valence-electron chi connectivity index (χ3n) is 2.65. The number of carbonyl (C=O) groups is 1. The Morgan fingerprint density at radius 1 is 1.53 bits per heavy atom.